The lowest BCUT2D eigenvalue weighted by Crippen LogP contribution is -2.51. The van der Waals surface area contributed by atoms with Gasteiger partial charge in [-0.15, -0.1) is 0 Å². The number of carbonyl (C=O) groups is 1. The number of rotatable bonds is 4. The molecule has 0 aliphatic carbocycles. The van der Waals surface area contributed by atoms with Crippen molar-refractivity contribution in [3.8, 4) is 5.75 Å². The first-order chi connectivity index (χ1) is 12.5. The summed E-state index contributed by atoms with van der Waals surface area (Å²) < 4.78 is 11.4. The Kier molecular flexibility index (Phi) is 5.78. The Bertz CT molecular complexity index is 747. The normalized spacial score (nSPS) is 19.9. The van der Waals surface area contributed by atoms with Gasteiger partial charge in [-0.2, -0.15) is 0 Å². The van der Waals surface area contributed by atoms with Crippen LogP contribution in [0.15, 0.2) is 48.5 Å². The van der Waals surface area contributed by atoms with Gasteiger partial charge in [-0.3, -0.25) is 0 Å². The van der Waals surface area contributed by atoms with Crippen molar-refractivity contribution in [2.24, 2.45) is 0 Å². The highest BCUT2D eigenvalue weighted by Crippen LogP contribution is 2.25. The second-order valence-electron chi connectivity index (χ2n) is 6.70. The maximum Gasteiger partial charge on any atom is 0.410 e. The van der Waals surface area contributed by atoms with Gasteiger partial charge in [0.25, 0.3) is 0 Å². The lowest BCUT2D eigenvalue weighted by molar-refractivity contribution is -0.0247. The predicted octanol–water partition coefficient (Wildman–Crippen LogP) is 3.45. The third kappa shape index (κ3) is 4.35. The topological polar surface area (TPSA) is 59.0 Å². The third-order valence-corrected chi connectivity index (χ3v) is 4.82. The van der Waals surface area contributed by atoms with Gasteiger partial charge >= 0.3 is 6.09 Å². The average Bonchev–Trinajstić information content (AvgIpc) is 2.66. The van der Waals surface area contributed by atoms with E-state index in [1.54, 1.807) is 4.90 Å². The first-order valence-electron chi connectivity index (χ1n) is 8.91. The van der Waals surface area contributed by atoms with Crippen LogP contribution in [-0.2, 0) is 11.3 Å². The van der Waals surface area contributed by atoms with E-state index >= 15 is 0 Å². The molecule has 5 nitrogen and oxygen atoms in total. The second kappa shape index (κ2) is 8.23. The molecule has 2 aromatic carbocycles. The van der Waals surface area contributed by atoms with Crippen LogP contribution in [0.25, 0.3) is 0 Å². The smallest absolute Gasteiger partial charge is 0.410 e. The van der Waals surface area contributed by atoms with Crippen LogP contribution in [0.2, 0.25) is 0 Å². The van der Waals surface area contributed by atoms with Gasteiger partial charge in [0.15, 0.2) is 0 Å². The van der Waals surface area contributed by atoms with Crippen LogP contribution in [0.4, 0.5) is 4.79 Å². The molecule has 0 spiro atoms. The Hall–Kier alpha value is -2.53. The maximum absolute atomic E-state index is 12.4. The zero-order chi connectivity index (χ0) is 18.5. The lowest BCUT2D eigenvalue weighted by atomic mass is 10.0. The van der Waals surface area contributed by atoms with Crippen LogP contribution in [0.3, 0.4) is 0 Å². The molecule has 0 bridgehead atoms. The van der Waals surface area contributed by atoms with Crippen molar-refractivity contribution in [2.75, 3.05) is 13.1 Å². The van der Waals surface area contributed by atoms with E-state index in [9.17, 15) is 9.90 Å². The Morgan fingerprint density at radius 2 is 1.92 bits per heavy atom. The van der Waals surface area contributed by atoms with Crippen LogP contribution in [0, 0.1) is 13.8 Å². The fourth-order valence-corrected chi connectivity index (χ4v) is 3.01. The van der Waals surface area contributed by atoms with Gasteiger partial charge in [0, 0.05) is 6.54 Å². The summed E-state index contributed by atoms with van der Waals surface area (Å²) in [6.45, 7) is 5.02. The molecule has 0 radical (unpaired) electrons. The molecule has 26 heavy (non-hydrogen) atoms. The summed E-state index contributed by atoms with van der Waals surface area (Å²) in [6, 6.07) is 15.4. The van der Waals surface area contributed by atoms with E-state index in [-0.39, 0.29) is 12.7 Å². The summed E-state index contributed by atoms with van der Waals surface area (Å²) in [6.07, 6.45) is -0.979. The number of piperidine rings is 1. The number of aliphatic hydroxyl groups excluding tert-OH is 1. The fraction of sp³-hybridized carbons (Fsp3) is 0.381. The molecule has 1 aliphatic rings. The molecule has 1 amide bonds. The predicted molar refractivity (Wildman–Crippen MR) is 99.2 cm³/mol. The Morgan fingerprint density at radius 1 is 1.15 bits per heavy atom. The van der Waals surface area contributed by atoms with Crippen molar-refractivity contribution in [1.82, 2.24) is 4.90 Å². The minimum Gasteiger partial charge on any atom is -0.486 e. The first-order valence-corrected chi connectivity index (χ1v) is 8.91. The molecule has 0 unspecified atom stereocenters. The van der Waals surface area contributed by atoms with Crippen LogP contribution in [0.1, 0.15) is 23.1 Å². The lowest BCUT2D eigenvalue weighted by Gasteiger charge is -2.35. The molecule has 138 valence electrons. The van der Waals surface area contributed by atoms with Crippen molar-refractivity contribution in [3.05, 3.63) is 65.2 Å². The van der Waals surface area contributed by atoms with Crippen molar-refractivity contribution in [3.63, 3.8) is 0 Å². The number of benzene rings is 2. The molecule has 2 atom stereocenters. The standard InChI is InChI=1S/C21H25NO4/c1-15-7-6-10-19(16(15)2)26-20-13-22(12-11-18(20)23)21(24)25-14-17-8-4-3-5-9-17/h3-10,18,20,23H,11-14H2,1-2H3/t18-,20-/m0/s1. The van der Waals surface area contributed by atoms with E-state index in [1.165, 1.54) is 0 Å². The second-order valence-corrected chi connectivity index (χ2v) is 6.70. The number of nitrogens with zero attached hydrogens (tertiary/aromatic N) is 1. The summed E-state index contributed by atoms with van der Waals surface area (Å²) in [7, 11) is 0. The van der Waals surface area contributed by atoms with E-state index in [1.807, 2.05) is 62.4 Å². The number of ether oxygens (including phenoxy) is 2. The number of hydrogen-bond acceptors (Lipinski definition) is 4. The fourth-order valence-electron chi connectivity index (χ4n) is 3.01. The quantitative estimate of drug-likeness (QED) is 0.913. The molecule has 0 aromatic heterocycles. The van der Waals surface area contributed by atoms with Gasteiger partial charge in [0.05, 0.1) is 12.6 Å². The average molecular weight is 355 g/mol. The molecule has 2 aromatic rings. The van der Waals surface area contributed by atoms with Crippen molar-refractivity contribution in [1.29, 1.82) is 0 Å². The molecule has 1 fully saturated rings. The summed E-state index contributed by atoms with van der Waals surface area (Å²) >= 11 is 0. The van der Waals surface area contributed by atoms with E-state index in [4.69, 9.17) is 9.47 Å². The molecular weight excluding hydrogens is 330 g/mol. The van der Waals surface area contributed by atoms with E-state index in [0.29, 0.717) is 19.5 Å². The van der Waals surface area contributed by atoms with E-state index in [2.05, 4.69) is 0 Å². The number of amides is 1. The molecular formula is C21H25NO4. The molecule has 5 heteroatoms. The van der Waals surface area contributed by atoms with E-state index in [0.717, 1.165) is 22.4 Å². The van der Waals surface area contributed by atoms with Crippen molar-refractivity contribution in [2.45, 2.75) is 39.1 Å². The number of aliphatic hydroxyl groups is 1. The zero-order valence-electron chi connectivity index (χ0n) is 15.2. The van der Waals surface area contributed by atoms with Crippen molar-refractivity contribution < 1.29 is 19.4 Å². The summed E-state index contributed by atoms with van der Waals surface area (Å²) in [5.41, 5.74) is 3.12. The zero-order valence-corrected chi connectivity index (χ0v) is 15.2. The van der Waals surface area contributed by atoms with Gasteiger partial charge in [0.2, 0.25) is 0 Å². The highest BCUT2D eigenvalue weighted by molar-refractivity contribution is 5.67. The van der Waals surface area contributed by atoms with Gasteiger partial charge in [0.1, 0.15) is 18.5 Å². The monoisotopic (exact) mass is 355 g/mol. The highest BCUT2D eigenvalue weighted by atomic mass is 16.6. The van der Waals surface area contributed by atoms with Crippen LogP contribution < -0.4 is 4.74 Å². The summed E-state index contributed by atoms with van der Waals surface area (Å²) in [5.74, 6) is 0.744. The largest absolute Gasteiger partial charge is 0.486 e. The van der Waals surface area contributed by atoms with Crippen LogP contribution in [0.5, 0.6) is 5.75 Å². The van der Waals surface area contributed by atoms with Crippen LogP contribution >= 0.6 is 0 Å². The first kappa shape index (κ1) is 18.3. The minimum atomic E-state index is -0.604. The summed E-state index contributed by atoms with van der Waals surface area (Å²) in [4.78, 5) is 14.0. The van der Waals surface area contributed by atoms with Gasteiger partial charge < -0.3 is 19.5 Å². The SMILES string of the molecule is Cc1cccc(O[C@H]2CN(C(=O)OCc3ccccc3)CC[C@@H]2O)c1C. The molecule has 1 aliphatic heterocycles. The molecule has 3 rings (SSSR count). The Labute approximate surface area is 154 Å². The number of carbonyl (C=O) groups excluding carboxylic acids is 1. The van der Waals surface area contributed by atoms with Gasteiger partial charge in [-0.25, -0.2) is 4.79 Å². The third-order valence-electron chi connectivity index (χ3n) is 4.82. The van der Waals surface area contributed by atoms with E-state index < -0.39 is 12.2 Å². The number of aryl methyl sites for hydroxylation is 1. The number of likely N-dealkylation sites (tertiary alicyclic amines) is 1. The van der Waals surface area contributed by atoms with Gasteiger partial charge in [-0.05, 0) is 43.0 Å². The minimum absolute atomic E-state index is 0.237. The number of hydrogen-bond donors (Lipinski definition) is 1. The molecule has 1 N–H and O–H groups in total. The van der Waals surface area contributed by atoms with Crippen LogP contribution in [-0.4, -0.2) is 41.4 Å². The molecule has 1 heterocycles. The Balaban J connectivity index is 1.60. The Morgan fingerprint density at radius 3 is 2.69 bits per heavy atom. The highest BCUT2D eigenvalue weighted by Gasteiger charge is 2.32. The molecule has 1 saturated heterocycles. The maximum atomic E-state index is 12.4. The van der Waals surface area contributed by atoms with Crippen molar-refractivity contribution >= 4 is 6.09 Å². The summed E-state index contributed by atoms with van der Waals surface area (Å²) in [5, 5.41) is 10.3. The van der Waals surface area contributed by atoms with Gasteiger partial charge in [-0.1, -0.05) is 42.5 Å². The molecule has 0 saturated carbocycles.